The lowest BCUT2D eigenvalue weighted by molar-refractivity contribution is -0.249. The summed E-state index contributed by atoms with van der Waals surface area (Å²) in [4.78, 5) is 7.45. The van der Waals surface area contributed by atoms with E-state index in [1.54, 1.807) is 0 Å². The molecule has 0 spiro atoms. The largest absolute Gasteiger partial charge is 0.482 e. The van der Waals surface area contributed by atoms with Crippen LogP contribution in [0.3, 0.4) is 0 Å². The number of nitrogens with one attached hydrogen (secondary N) is 1. The van der Waals surface area contributed by atoms with Crippen LogP contribution in [0.15, 0.2) is 17.1 Å². The van der Waals surface area contributed by atoms with Crippen LogP contribution in [0.25, 0.3) is 5.73 Å². The predicted octanol–water partition coefficient (Wildman–Crippen LogP) is 2.83. The molecule has 0 aliphatic carbocycles. The molecule has 2 rings (SSSR count). The molecule has 1 aromatic heterocycles. The average molecular weight is 305 g/mol. The van der Waals surface area contributed by atoms with E-state index < -0.39 is 35.6 Å². The van der Waals surface area contributed by atoms with Crippen molar-refractivity contribution in [3.8, 4) is 0 Å². The van der Waals surface area contributed by atoms with Crippen molar-refractivity contribution in [3.05, 3.63) is 29.4 Å². The summed E-state index contributed by atoms with van der Waals surface area (Å²) in [5, 5.41) is 0. The zero-order chi connectivity index (χ0) is 16.1. The topological polar surface area (TPSA) is 84.3 Å². The number of amidine groups is 1. The highest BCUT2D eigenvalue weighted by Gasteiger charge is 2.58. The van der Waals surface area contributed by atoms with Crippen molar-refractivity contribution in [2.75, 3.05) is 6.61 Å². The number of nitrogens with zero attached hydrogens (tertiary/aromatic N) is 2. The minimum absolute atomic E-state index is 0.231. The van der Waals surface area contributed by atoms with Gasteiger partial charge in [0, 0.05) is 5.69 Å². The minimum Gasteiger partial charge on any atom is -0.482 e. The van der Waals surface area contributed by atoms with Crippen LogP contribution in [-0.2, 0) is 10.3 Å². The van der Waals surface area contributed by atoms with E-state index in [4.69, 9.17) is 16.2 Å². The van der Waals surface area contributed by atoms with E-state index in [1.165, 1.54) is 6.92 Å². The van der Waals surface area contributed by atoms with Crippen LogP contribution in [-0.4, -0.2) is 29.2 Å². The third-order valence-corrected chi connectivity index (χ3v) is 3.39. The molecule has 0 aromatic carbocycles. The Hall–Kier alpha value is -1.90. The zero-order valence-electron chi connectivity index (χ0n) is 11.3. The quantitative estimate of drug-likeness (QED) is 0.810. The van der Waals surface area contributed by atoms with Crippen molar-refractivity contribution < 1.29 is 22.3 Å². The Bertz CT molecular complexity index is 603. The van der Waals surface area contributed by atoms with E-state index >= 15 is 0 Å². The van der Waals surface area contributed by atoms with Crippen molar-refractivity contribution in [1.29, 1.82) is 0 Å². The first kappa shape index (κ1) is 15.5. The van der Waals surface area contributed by atoms with Gasteiger partial charge in [0.1, 0.15) is 17.2 Å². The Kier molecular flexibility index (Phi) is 3.36. The zero-order valence-corrected chi connectivity index (χ0v) is 11.3. The van der Waals surface area contributed by atoms with Gasteiger partial charge in [-0.25, -0.2) is 4.39 Å². The van der Waals surface area contributed by atoms with E-state index in [0.29, 0.717) is 0 Å². The van der Waals surface area contributed by atoms with Crippen molar-refractivity contribution in [1.82, 2.24) is 4.98 Å². The summed E-state index contributed by atoms with van der Waals surface area (Å²) in [7, 11) is 0. The average Bonchev–Trinajstić information content (AvgIpc) is 2.36. The van der Waals surface area contributed by atoms with Gasteiger partial charge in [-0.05, 0) is 19.9 Å². The molecule has 0 bridgehead atoms. The van der Waals surface area contributed by atoms with Crippen LogP contribution in [0.5, 0.6) is 0 Å². The monoisotopic (exact) mass is 305 g/mol. The maximum atomic E-state index is 13.8. The fraction of sp³-hybridized carbons (Fsp3) is 0.500. The van der Waals surface area contributed by atoms with Gasteiger partial charge in [-0.3, -0.25) is 4.99 Å². The maximum absolute atomic E-state index is 13.8. The Balaban J connectivity index is 2.51. The highest BCUT2D eigenvalue weighted by atomic mass is 19.4. The second kappa shape index (κ2) is 4.55. The number of hydrogen-bond donors (Lipinski definition) is 1. The van der Waals surface area contributed by atoms with Gasteiger partial charge in [0.05, 0.1) is 6.61 Å². The van der Waals surface area contributed by atoms with Crippen LogP contribution in [0.4, 0.5) is 23.4 Å². The normalized spacial score (nSPS) is 30.1. The van der Waals surface area contributed by atoms with Gasteiger partial charge >= 0.3 is 6.18 Å². The van der Waals surface area contributed by atoms with Crippen LogP contribution < -0.4 is 5.73 Å². The lowest BCUT2D eigenvalue weighted by atomic mass is 9.93. The number of ether oxygens (including phenoxy) is 1. The van der Waals surface area contributed by atoms with Gasteiger partial charge in [0.15, 0.2) is 0 Å². The Morgan fingerprint density at radius 1 is 1.33 bits per heavy atom. The van der Waals surface area contributed by atoms with Crippen molar-refractivity contribution >= 4 is 11.7 Å². The molecule has 9 heteroatoms. The van der Waals surface area contributed by atoms with Crippen LogP contribution >= 0.6 is 0 Å². The molecular weight excluding hydrogens is 292 g/mol. The minimum atomic E-state index is -4.74. The molecule has 1 aliphatic rings. The van der Waals surface area contributed by atoms with E-state index in [0.717, 1.165) is 19.1 Å². The van der Waals surface area contributed by atoms with Gasteiger partial charge < -0.3 is 21.2 Å². The Morgan fingerprint density at radius 3 is 2.48 bits per heavy atom. The first-order chi connectivity index (χ1) is 9.49. The number of rotatable bonds is 1. The number of aliphatic imine (C=N–C) groups is 1. The Morgan fingerprint density at radius 2 is 1.95 bits per heavy atom. The molecule has 3 N–H and O–H groups in total. The summed E-state index contributed by atoms with van der Waals surface area (Å²) in [6.07, 6.45) is -4.74. The molecule has 1 aliphatic heterocycles. The molecule has 0 fully saturated rings. The Labute approximate surface area is 118 Å². The molecule has 2 unspecified atom stereocenters. The molecule has 0 amide bonds. The first-order valence-electron chi connectivity index (χ1n) is 5.95. The highest BCUT2D eigenvalue weighted by Crippen LogP contribution is 2.40. The molecule has 0 saturated heterocycles. The number of halogens is 4. The van der Waals surface area contributed by atoms with E-state index in [-0.39, 0.29) is 11.5 Å². The van der Waals surface area contributed by atoms with Gasteiger partial charge in [0.2, 0.25) is 5.60 Å². The molecule has 2 heterocycles. The van der Waals surface area contributed by atoms with E-state index in [1.807, 2.05) is 0 Å². The van der Waals surface area contributed by atoms with Gasteiger partial charge in [-0.15, -0.1) is 0 Å². The summed E-state index contributed by atoms with van der Waals surface area (Å²) in [6.45, 7) is 1.55. The molecule has 116 valence electrons. The van der Waals surface area contributed by atoms with Crippen molar-refractivity contribution in [2.45, 2.75) is 31.2 Å². The second-order valence-corrected chi connectivity index (χ2v) is 5.12. The standard InChI is InChI=1S/C12H13F4N4O/c1-10(8-6(13)3-4-7(17)19-8)5-21-11(2,9(18)20-10)12(14,15)16/h3-4H,5H2,1-2H3,(H3-,17,18,19,20)/q-1. The first-order valence-corrected chi connectivity index (χ1v) is 5.95. The molecule has 0 saturated carbocycles. The molecule has 21 heavy (non-hydrogen) atoms. The predicted molar refractivity (Wildman–Crippen MR) is 67.6 cm³/mol. The van der Waals surface area contributed by atoms with Crippen LogP contribution in [0, 0.1) is 5.82 Å². The van der Waals surface area contributed by atoms with Crippen LogP contribution in [0.1, 0.15) is 19.5 Å². The summed E-state index contributed by atoms with van der Waals surface area (Å²) in [6, 6.07) is 2.12. The number of pyridine rings is 1. The van der Waals surface area contributed by atoms with E-state index in [9.17, 15) is 17.6 Å². The van der Waals surface area contributed by atoms with Crippen LogP contribution in [0.2, 0.25) is 0 Å². The maximum Gasteiger partial charge on any atom is 0.424 e. The molecule has 2 atom stereocenters. The number of hydrogen-bond acceptors (Lipinski definition) is 4. The lowest BCUT2D eigenvalue weighted by Gasteiger charge is -2.41. The summed E-state index contributed by atoms with van der Waals surface area (Å²) < 4.78 is 57.6. The fourth-order valence-electron chi connectivity index (χ4n) is 1.93. The number of nitrogens with two attached hydrogens (primary N) is 1. The van der Waals surface area contributed by atoms with Gasteiger partial charge in [-0.2, -0.15) is 13.2 Å². The smallest absolute Gasteiger partial charge is 0.424 e. The number of aromatic nitrogens is 1. The van der Waals surface area contributed by atoms with Gasteiger partial charge in [-0.1, -0.05) is 11.9 Å². The summed E-state index contributed by atoms with van der Waals surface area (Å²) >= 11 is 0. The SMILES string of the molecule is CC1(c2nc([NH-])ccc2F)COC(C)(C(F)(F)F)C(N)=N1. The summed E-state index contributed by atoms with van der Waals surface area (Å²) in [5.74, 6) is -1.82. The molecular formula is C12H13F4N4O-. The lowest BCUT2D eigenvalue weighted by Crippen LogP contribution is -2.60. The third-order valence-electron chi connectivity index (χ3n) is 3.39. The van der Waals surface area contributed by atoms with Crippen molar-refractivity contribution in [3.63, 3.8) is 0 Å². The third kappa shape index (κ3) is 2.41. The van der Waals surface area contributed by atoms with E-state index in [2.05, 4.69) is 9.98 Å². The highest BCUT2D eigenvalue weighted by molar-refractivity contribution is 5.90. The molecule has 5 nitrogen and oxygen atoms in total. The fourth-order valence-corrected chi connectivity index (χ4v) is 1.93. The van der Waals surface area contributed by atoms with Gasteiger partial charge in [0.25, 0.3) is 0 Å². The summed E-state index contributed by atoms with van der Waals surface area (Å²) in [5.41, 5.74) is 8.28. The molecule has 0 radical (unpaired) electrons. The number of alkyl halides is 3. The molecule has 1 aromatic rings. The van der Waals surface area contributed by atoms with Crippen molar-refractivity contribution in [2.24, 2.45) is 10.7 Å². The second-order valence-electron chi connectivity index (χ2n) is 5.12.